The summed E-state index contributed by atoms with van der Waals surface area (Å²) < 4.78 is 5.92. The summed E-state index contributed by atoms with van der Waals surface area (Å²) in [7, 11) is 0. The second-order valence-electron chi connectivity index (χ2n) is 18.2. The summed E-state index contributed by atoms with van der Waals surface area (Å²) in [5, 5.41) is 23.8. The van der Waals surface area contributed by atoms with E-state index < -0.39 is 18.2 Å². The van der Waals surface area contributed by atoms with Crippen molar-refractivity contribution in [1.29, 1.82) is 0 Å². The molecule has 6 heteroatoms. The molecule has 0 bridgehead atoms. The smallest absolute Gasteiger partial charge is 0.306 e. The van der Waals surface area contributed by atoms with E-state index in [1.54, 1.807) is 0 Å². The quantitative estimate of drug-likeness (QED) is 0.0321. The Morgan fingerprint density at radius 3 is 1.30 bits per heavy atom. The first-order valence-electron chi connectivity index (χ1n) is 27.2. The highest BCUT2D eigenvalue weighted by Gasteiger charge is 2.24. The van der Waals surface area contributed by atoms with Crippen LogP contribution in [0, 0.1) is 0 Å². The van der Waals surface area contributed by atoms with Gasteiger partial charge in [-0.3, -0.25) is 9.59 Å². The third-order valence-corrected chi connectivity index (χ3v) is 12.0. The first-order chi connectivity index (χ1) is 31.5. The summed E-state index contributed by atoms with van der Waals surface area (Å²) >= 11 is 0. The predicted molar refractivity (Wildman–Crippen MR) is 278 cm³/mol. The molecule has 0 aromatic carbocycles. The lowest BCUT2D eigenvalue weighted by molar-refractivity contribution is -0.151. The fourth-order valence-electron chi connectivity index (χ4n) is 7.93. The molecule has 0 rings (SSSR count). The molecule has 3 unspecified atom stereocenters. The normalized spacial score (nSPS) is 13.8. The minimum atomic E-state index is -0.800. The fourth-order valence-corrected chi connectivity index (χ4v) is 7.93. The lowest BCUT2D eigenvalue weighted by Crippen LogP contribution is -2.46. The van der Waals surface area contributed by atoms with Crippen LogP contribution in [0.4, 0.5) is 0 Å². The number of aliphatic hydroxyl groups is 2. The summed E-state index contributed by atoms with van der Waals surface area (Å²) in [6.45, 7) is 6.35. The van der Waals surface area contributed by atoms with E-state index in [2.05, 4.69) is 99.0 Å². The van der Waals surface area contributed by atoms with E-state index >= 15 is 0 Å². The maximum Gasteiger partial charge on any atom is 0.306 e. The molecule has 0 aliphatic carbocycles. The van der Waals surface area contributed by atoms with Crippen molar-refractivity contribution >= 4 is 11.9 Å². The zero-order valence-electron chi connectivity index (χ0n) is 42.1. The zero-order valence-corrected chi connectivity index (χ0v) is 42.1. The van der Waals surface area contributed by atoms with E-state index in [9.17, 15) is 19.8 Å². The van der Waals surface area contributed by atoms with E-state index in [0.29, 0.717) is 25.7 Å². The molecule has 3 N–H and O–H groups in total. The van der Waals surface area contributed by atoms with E-state index in [-0.39, 0.29) is 24.9 Å². The number of aliphatic hydroxyl groups excluding tert-OH is 2. The van der Waals surface area contributed by atoms with Crippen molar-refractivity contribution in [2.24, 2.45) is 0 Å². The third kappa shape index (κ3) is 45.9. The Morgan fingerprint density at radius 1 is 0.469 bits per heavy atom. The number of hydrogen-bond acceptors (Lipinski definition) is 5. The van der Waals surface area contributed by atoms with Gasteiger partial charge in [0, 0.05) is 6.42 Å². The van der Waals surface area contributed by atoms with Gasteiger partial charge in [0.25, 0.3) is 0 Å². The van der Waals surface area contributed by atoms with Gasteiger partial charge in [-0.2, -0.15) is 0 Å². The van der Waals surface area contributed by atoms with Gasteiger partial charge < -0.3 is 20.3 Å². The van der Waals surface area contributed by atoms with Crippen LogP contribution < -0.4 is 5.32 Å². The number of unbranched alkanes of at least 4 members (excludes halogenated alkanes) is 24. The summed E-state index contributed by atoms with van der Waals surface area (Å²) in [5.41, 5.74) is 0. The molecule has 0 aliphatic heterocycles. The highest BCUT2D eigenvalue weighted by Crippen LogP contribution is 2.17. The molecule has 370 valence electrons. The van der Waals surface area contributed by atoms with Crippen LogP contribution in [0.3, 0.4) is 0 Å². The second kappa shape index (κ2) is 51.3. The lowest BCUT2D eigenvalue weighted by Gasteiger charge is -2.24. The van der Waals surface area contributed by atoms with Crippen LogP contribution in [-0.2, 0) is 14.3 Å². The maximum atomic E-state index is 13.2. The van der Waals surface area contributed by atoms with Crippen LogP contribution in [-0.4, -0.2) is 46.9 Å². The number of esters is 1. The van der Waals surface area contributed by atoms with Crippen LogP contribution in [0.2, 0.25) is 0 Å². The largest absolute Gasteiger partial charge is 0.462 e. The molecule has 0 fully saturated rings. The zero-order chi connectivity index (χ0) is 46.7. The molecular weight excluding hydrogens is 791 g/mol. The Bertz CT molecular complexity index is 1190. The number of allylic oxidation sites excluding steroid dienone is 12. The van der Waals surface area contributed by atoms with E-state index in [0.717, 1.165) is 77.0 Å². The topological polar surface area (TPSA) is 95.9 Å². The van der Waals surface area contributed by atoms with Crippen molar-refractivity contribution in [3.63, 3.8) is 0 Å². The van der Waals surface area contributed by atoms with Crippen molar-refractivity contribution < 1.29 is 24.5 Å². The highest BCUT2D eigenvalue weighted by molar-refractivity contribution is 5.77. The third-order valence-electron chi connectivity index (χ3n) is 12.0. The first-order valence-corrected chi connectivity index (χ1v) is 27.2. The van der Waals surface area contributed by atoms with Crippen molar-refractivity contribution in [1.82, 2.24) is 5.32 Å². The van der Waals surface area contributed by atoms with Crippen LogP contribution in [0.1, 0.15) is 258 Å². The number of nitrogens with one attached hydrogen (secondary N) is 1. The van der Waals surface area contributed by atoms with Gasteiger partial charge in [0.2, 0.25) is 5.91 Å². The lowest BCUT2D eigenvalue weighted by atomic mass is 10.0. The highest BCUT2D eigenvalue weighted by atomic mass is 16.5. The molecule has 0 spiro atoms. The van der Waals surface area contributed by atoms with Crippen molar-refractivity contribution in [3.05, 3.63) is 72.9 Å². The Labute approximate surface area is 396 Å². The molecule has 64 heavy (non-hydrogen) atoms. The average Bonchev–Trinajstić information content (AvgIpc) is 3.29. The molecule has 0 aromatic heterocycles. The molecule has 0 saturated carbocycles. The predicted octanol–water partition coefficient (Wildman–Crippen LogP) is 16.6. The van der Waals surface area contributed by atoms with E-state index in [1.807, 2.05) is 0 Å². The molecule has 0 heterocycles. The van der Waals surface area contributed by atoms with Crippen LogP contribution in [0.5, 0.6) is 0 Å². The van der Waals surface area contributed by atoms with Gasteiger partial charge in [-0.25, -0.2) is 0 Å². The number of hydrogen-bond donors (Lipinski definition) is 3. The minimum Gasteiger partial charge on any atom is -0.462 e. The molecular formula is C58H103NO5. The molecule has 0 aliphatic rings. The van der Waals surface area contributed by atoms with Gasteiger partial charge in [0.1, 0.15) is 6.10 Å². The van der Waals surface area contributed by atoms with Crippen LogP contribution in [0.15, 0.2) is 72.9 Å². The summed E-state index contributed by atoms with van der Waals surface area (Å²) in [6.07, 6.45) is 65.4. The number of amides is 1. The van der Waals surface area contributed by atoms with Crippen molar-refractivity contribution in [2.45, 2.75) is 277 Å². The van der Waals surface area contributed by atoms with Gasteiger partial charge in [-0.15, -0.1) is 0 Å². The molecule has 6 nitrogen and oxygen atoms in total. The van der Waals surface area contributed by atoms with E-state index in [4.69, 9.17) is 4.74 Å². The number of ether oxygens (including phenoxy) is 1. The monoisotopic (exact) mass is 894 g/mol. The first kappa shape index (κ1) is 61.3. The maximum absolute atomic E-state index is 13.2. The SMILES string of the molecule is CC/C=C\C/C=C\C/C=C\C/C=C\C/C=C\CCCC(=O)OC(CCCCCCCCC/C=C/CCCCCCCC)CC(=O)NC(CO)C(O)CCCCCCCCCCCCC. The molecule has 0 aromatic rings. The van der Waals surface area contributed by atoms with Gasteiger partial charge in [0.15, 0.2) is 0 Å². The van der Waals surface area contributed by atoms with E-state index in [1.165, 1.54) is 128 Å². The summed E-state index contributed by atoms with van der Waals surface area (Å²) in [6, 6.07) is -0.716. The minimum absolute atomic E-state index is 0.0501. The Morgan fingerprint density at radius 2 is 0.844 bits per heavy atom. The van der Waals surface area contributed by atoms with Crippen LogP contribution in [0.25, 0.3) is 0 Å². The number of carbonyl (C=O) groups excluding carboxylic acids is 2. The fraction of sp³-hybridized carbons (Fsp3) is 0.759. The Balaban J connectivity index is 4.68. The van der Waals surface area contributed by atoms with Crippen LogP contribution >= 0.6 is 0 Å². The number of carbonyl (C=O) groups is 2. The molecule has 0 saturated heterocycles. The van der Waals surface area contributed by atoms with Gasteiger partial charge in [-0.1, -0.05) is 229 Å². The summed E-state index contributed by atoms with van der Waals surface area (Å²) in [4.78, 5) is 26.2. The van der Waals surface area contributed by atoms with Gasteiger partial charge in [-0.05, 0) is 89.9 Å². The molecule has 3 atom stereocenters. The molecule has 1 amide bonds. The summed E-state index contributed by atoms with van der Waals surface area (Å²) in [5.74, 6) is -0.545. The Hall–Kier alpha value is -2.70. The second-order valence-corrected chi connectivity index (χ2v) is 18.2. The van der Waals surface area contributed by atoms with Gasteiger partial charge >= 0.3 is 5.97 Å². The molecule has 0 radical (unpaired) electrons. The Kier molecular flexibility index (Phi) is 49.1. The number of rotatable bonds is 48. The van der Waals surface area contributed by atoms with Gasteiger partial charge in [0.05, 0.1) is 25.2 Å². The average molecular weight is 894 g/mol. The van der Waals surface area contributed by atoms with Crippen molar-refractivity contribution in [2.75, 3.05) is 6.61 Å². The van der Waals surface area contributed by atoms with Crippen molar-refractivity contribution in [3.8, 4) is 0 Å². The standard InChI is InChI=1S/C58H103NO5/c1-4-7-10-13-16-19-22-24-26-28-30-32-35-37-40-43-46-49-54(52-57(62)59-55(53-60)56(61)50-47-44-41-38-34-21-18-15-12-9-6-3)64-58(63)51-48-45-42-39-36-33-31-29-27-25-23-20-17-14-11-8-5-2/h8,11,17,20,24-27,31,33,39,42,54-56,60-61H,4-7,9-10,12-16,18-19,21-23,28-30,32,34-38,40-41,43-53H2,1-3H3,(H,59,62)/b11-8-,20-17-,26-24+,27-25-,33-31-,42-39-.